The zero-order valence-corrected chi connectivity index (χ0v) is 16.6. The molecule has 0 aliphatic carbocycles. The second-order valence-corrected chi connectivity index (χ2v) is 6.19. The van der Waals surface area contributed by atoms with Gasteiger partial charge in [0.25, 0.3) is 0 Å². The topological polar surface area (TPSA) is 165 Å². The van der Waals surface area contributed by atoms with E-state index >= 15 is 0 Å². The Morgan fingerprint density at radius 1 is 0.893 bits per heavy atom. The third-order valence-corrected chi connectivity index (χ3v) is 3.43. The lowest BCUT2D eigenvalue weighted by Gasteiger charge is -2.44. The molecule has 1 fully saturated rings. The quantitative estimate of drug-likeness (QED) is 0.187. The van der Waals surface area contributed by atoms with Crippen LogP contribution in [0.15, 0.2) is 0 Å². The Hall–Kier alpha value is -2.51. The summed E-state index contributed by atoms with van der Waals surface area (Å²) in [7, 11) is 0. The number of thiocarbonyl (C=S) groups is 1. The van der Waals surface area contributed by atoms with Crippen LogP contribution in [0.4, 0.5) is 0 Å². The van der Waals surface area contributed by atoms with Crippen LogP contribution in [0.1, 0.15) is 27.7 Å². The molecule has 0 aromatic heterocycles. The van der Waals surface area contributed by atoms with E-state index in [1.165, 1.54) is 6.92 Å². The first-order valence-corrected chi connectivity index (χ1v) is 8.53. The zero-order valence-electron chi connectivity index (χ0n) is 15.8. The zero-order chi connectivity index (χ0) is 21.4. The Morgan fingerprint density at radius 3 is 1.86 bits per heavy atom. The van der Waals surface area contributed by atoms with Crippen molar-refractivity contribution in [2.45, 2.75) is 58.3 Å². The van der Waals surface area contributed by atoms with Gasteiger partial charge >= 0.3 is 23.9 Å². The smallest absolute Gasteiger partial charge is 0.303 e. The highest BCUT2D eigenvalue weighted by atomic mass is 32.1. The number of rotatable bonds is 7. The largest absolute Gasteiger partial charge is 0.463 e. The number of ether oxygens (including phenoxy) is 5. The molecule has 0 amide bonds. The molecule has 1 saturated heterocycles. The Kier molecular flexibility index (Phi) is 9.02. The first kappa shape index (κ1) is 23.5. The van der Waals surface area contributed by atoms with E-state index in [1.807, 2.05) is 0 Å². The van der Waals surface area contributed by atoms with Gasteiger partial charge in [-0.1, -0.05) is 0 Å². The lowest BCUT2D eigenvalue weighted by Crippen LogP contribution is -2.67. The maximum Gasteiger partial charge on any atom is 0.303 e. The van der Waals surface area contributed by atoms with Crippen molar-refractivity contribution >= 4 is 41.2 Å². The SMILES string of the molecule is CC(=O)OC[C@H]1O[C@@H](NNC(N)=S)[C@H](OC(C)=O)[C@@H](OC(C)=O)[C@@H]1OC(C)=O. The number of hydrogen-bond acceptors (Lipinski definition) is 11. The molecule has 1 aliphatic heterocycles. The molecule has 0 saturated carbocycles. The van der Waals surface area contributed by atoms with Crippen molar-refractivity contribution < 1.29 is 42.9 Å². The molecular formula is C15H23N3O9S. The molecule has 4 N–H and O–H groups in total. The minimum Gasteiger partial charge on any atom is -0.463 e. The lowest BCUT2D eigenvalue weighted by molar-refractivity contribution is -0.258. The summed E-state index contributed by atoms with van der Waals surface area (Å²) in [5.41, 5.74) is 10.4. The third kappa shape index (κ3) is 7.62. The first-order valence-electron chi connectivity index (χ1n) is 8.12. The number of hydrogen-bond donors (Lipinski definition) is 3. The molecule has 0 spiro atoms. The van der Waals surface area contributed by atoms with Gasteiger partial charge in [-0.05, 0) is 12.2 Å². The highest BCUT2D eigenvalue weighted by Gasteiger charge is 2.52. The van der Waals surface area contributed by atoms with E-state index in [0.717, 1.165) is 20.8 Å². The van der Waals surface area contributed by atoms with Crippen LogP contribution in [-0.4, -0.2) is 66.2 Å². The predicted molar refractivity (Wildman–Crippen MR) is 95.0 cm³/mol. The monoisotopic (exact) mass is 421 g/mol. The Balaban J connectivity index is 3.26. The van der Waals surface area contributed by atoms with Crippen molar-refractivity contribution in [1.82, 2.24) is 10.9 Å². The van der Waals surface area contributed by atoms with Crippen molar-refractivity contribution in [3.63, 3.8) is 0 Å². The van der Waals surface area contributed by atoms with Gasteiger partial charge in [0.2, 0.25) is 0 Å². The lowest BCUT2D eigenvalue weighted by atomic mass is 9.97. The predicted octanol–water partition coefficient (Wildman–Crippen LogP) is -1.59. The van der Waals surface area contributed by atoms with Gasteiger partial charge in [0.05, 0.1) is 0 Å². The number of nitrogens with two attached hydrogens (primary N) is 1. The Labute approximate surface area is 166 Å². The highest BCUT2D eigenvalue weighted by molar-refractivity contribution is 7.80. The molecule has 1 rings (SSSR count). The summed E-state index contributed by atoms with van der Waals surface area (Å²) in [5, 5.41) is -0.146. The van der Waals surface area contributed by atoms with E-state index < -0.39 is 54.5 Å². The van der Waals surface area contributed by atoms with Crippen LogP contribution in [-0.2, 0) is 42.9 Å². The Morgan fingerprint density at radius 2 is 1.39 bits per heavy atom. The van der Waals surface area contributed by atoms with Crippen molar-refractivity contribution in [1.29, 1.82) is 0 Å². The van der Waals surface area contributed by atoms with Crippen molar-refractivity contribution in [3.8, 4) is 0 Å². The van der Waals surface area contributed by atoms with Crippen LogP contribution in [0.25, 0.3) is 0 Å². The van der Waals surface area contributed by atoms with Crippen LogP contribution in [0.2, 0.25) is 0 Å². The molecule has 0 radical (unpaired) electrons. The molecule has 0 aromatic rings. The third-order valence-electron chi connectivity index (χ3n) is 3.33. The van der Waals surface area contributed by atoms with E-state index in [0.29, 0.717) is 0 Å². The molecule has 13 heteroatoms. The summed E-state index contributed by atoms with van der Waals surface area (Å²) in [4.78, 5) is 45.9. The minimum absolute atomic E-state index is 0.146. The molecular weight excluding hydrogens is 398 g/mol. The van der Waals surface area contributed by atoms with Crippen LogP contribution in [0, 0.1) is 0 Å². The fourth-order valence-electron chi connectivity index (χ4n) is 2.49. The molecule has 1 aliphatic rings. The molecule has 12 nitrogen and oxygen atoms in total. The molecule has 0 bridgehead atoms. The summed E-state index contributed by atoms with van der Waals surface area (Å²) in [6.07, 6.45) is -5.96. The van der Waals surface area contributed by atoms with Crippen molar-refractivity contribution in [2.24, 2.45) is 5.73 Å². The maximum atomic E-state index is 11.6. The second kappa shape index (κ2) is 10.7. The molecule has 0 aromatic carbocycles. The fourth-order valence-corrected chi connectivity index (χ4v) is 2.55. The van der Waals surface area contributed by atoms with Crippen LogP contribution in [0.3, 0.4) is 0 Å². The van der Waals surface area contributed by atoms with Crippen molar-refractivity contribution in [2.75, 3.05) is 6.61 Å². The standard InChI is InChI=1S/C15H23N3O9S/c1-6(19)23-5-10-11(24-7(2)20)12(25-8(3)21)13(26-9(4)22)14(27-10)17-18-15(16)28/h10-14,17H,5H2,1-4H3,(H3,16,18,28)/t10-,11-,12+,13-,14-/m1/s1. The van der Waals surface area contributed by atoms with Crippen LogP contribution < -0.4 is 16.6 Å². The molecule has 1 heterocycles. The number of hydrazine groups is 1. The fraction of sp³-hybridized carbons (Fsp3) is 0.667. The number of carbonyl (C=O) groups is 4. The molecule has 158 valence electrons. The summed E-state index contributed by atoms with van der Waals surface area (Å²) >= 11 is 4.70. The average molecular weight is 421 g/mol. The minimum atomic E-state index is -1.27. The van der Waals surface area contributed by atoms with Gasteiger partial charge in [0.15, 0.2) is 29.7 Å². The van der Waals surface area contributed by atoms with Gasteiger partial charge in [0.1, 0.15) is 12.7 Å². The number of nitrogens with one attached hydrogen (secondary N) is 2. The summed E-state index contributed by atoms with van der Waals surface area (Å²) in [5.74, 6) is -2.77. The molecule has 0 unspecified atom stereocenters. The van der Waals surface area contributed by atoms with Gasteiger partial charge in [-0.2, -0.15) is 0 Å². The maximum absolute atomic E-state index is 11.6. The Bertz CT molecular complexity index is 586. The normalized spacial score (nSPS) is 26.5. The van der Waals surface area contributed by atoms with E-state index in [9.17, 15) is 19.2 Å². The number of esters is 4. The number of carbonyl (C=O) groups excluding carboxylic acids is 4. The van der Waals surface area contributed by atoms with E-state index in [1.54, 1.807) is 0 Å². The van der Waals surface area contributed by atoms with Gasteiger partial charge in [-0.25, -0.2) is 5.43 Å². The second-order valence-electron chi connectivity index (χ2n) is 5.75. The highest BCUT2D eigenvalue weighted by Crippen LogP contribution is 2.28. The summed E-state index contributed by atoms with van der Waals surface area (Å²) in [6.45, 7) is 4.24. The average Bonchev–Trinajstić information content (AvgIpc) is 2.54. The van der Waals surface area contributed by atoms with E-state index in [-0.39, 0.29) is 11.7 Å². The van der Waals surface area contributed by atoms with Crippen LogP contribution >= 0.6 is 12.2 Å². The summed E-state index contributed by atoms with van der Waals surface area (Å²) in [6, 6.07) is 0. The molecule has 5 atom stereocenters. The van der Waals surface area contributed by atoms with Gasteiger partial charge in [0, 0.05) is 27.7 Å². The molecule has 28 heavy (non-hydrogen) atoms. The van der Waals surface area contributed by atoms with Crippen molar-refractivity contribution in [3.05, 3.63) is 0 Å². The van der Waals surface area contributed by atoms with E-state index in [4.69, 9.17) is 41.6 Å². The van der Waals surface area contributed by atoms with Gasteiger partial charge < -0.3 is 29.4 Å². The van der Waals surface area contributed by atoms with Crippen LogP contribution in [0.5, 0.6) is 0 Å². The summed E-state index contributed by atoms with van der Waals surface area (Å²) < 4.78 is 26.3. The van der Waals surface area contributed by atoms with Gasteiger partial charge in [-0.3, -0.25) is 24.6 Å². The van der Waals surface area contributed by atoms with Gasteiger partial charge in [-0.15, -0.1) is 0 Å². The van der Waals surface area contributed by atoms with E-state index in [2.05, 4.69) is 10.9 Å². The first-order chi connectivity index (χ1) is 13.0.